The third-order valence-corrected chi connectivity index (χ3v) is 0.914. The molecule has 1 heteroatoms. The molecule has 0 atom stereocenters. The van der Waals surface area contributed by atoms with E-state index in [1.807, 2.05) is 37.3 Å². The number of rotatable bonds is 3. The van der Waals surface area contributed by atoms with Crippen molar-refractivity contribution < 1.29 is 0 Å². The molecule has 0 aliphatic rings. The number of hydrogen-bond donors (Lipinski definition) is 0. The zero-order valence-corrected chi connectivity index (χ0v) is 6.17. The zero-order chi connectivity index (χ0) is 7.66. The third-order valence-electron chi connectivity index (χ3n) is 0.914. The maximum Gasteiger partial charge on any atom is 0.0663 e. The van der Waals surface area contributed by atoms with Crippen LogP contribution in [0.15, 0.2) is 30.0 Å². The highest BCUT2D eigenvalue weighted by molar-refractivity contribution is 4.95. The molecule has 0 amide bonds. The van der Waals surface area contributed by atoms with Crippen molar-refractivity contribution >= 4 is 0 Å². The number of nitrogens with zero attached hydrogens (tertiary/aromatic N) is 1. The molecule has 0 spiro atoms. The van der Waals surface area contributed by atoms with E-state index in [1.165, 1.54) is 0 Å². The topological polar surface area (TPSA) is 23.8 Å². The normalized spacial score (nSPS) is 8.40. The second kappa shape index (κ2) is 7.75. The van der Waals surface area contributed by atoms with Gasteiger partial charge >= 0.3 is 0 Å². The van der Waals surface area contributed by atoms with Gasteiger partial charge in [-0.05, 0) is 25.5 Å². The lowest BCUT2D eigenvalue weighted by atomic mass is 10.3. The van der Waals surface area contributed by atoms with Crippen molar-refractivity contribution in [3.8, 4) is 6.07 Å². The average molecular weight is 133 g/mol. The Morgan fingerprint density at radius 1 is 1.40 bits per heavy atom. The molecule has 0 saturated carbocycles. The van der Waals surface area contributed by atoms with Crippen molar-refractivity contribution in [1.82, 2.24) is 0 Å². The lowest BCUT2D eigenvalue weighted by molar-refractivity contribution is 1.30. The van der Waals surface area contributed by atoms with E-state index in [1.54, 1.807) is 0 Å². The van der Waals surface area contributed by atoms with Crippen LogP contribution in [-0.4, -0.2) is 0 Å². The van der Waals surface area contributed by atoms with Gasteiger partial charge in [0.1, 0.15) is 0 Å². The van der Waals surface area contributed by atoms with E-state index in [2.05, 4.69) is 5.73 Å². The Labute approximate surface area is 62.0 Å². The summed E-state index contributed by atoms with van der Waals surface area (Å²) in [6, 6.07) is 2.03. The van der Waals surface area contributed by atoms with E-state index in [-0.39, 0.29) is 0 Å². The van der Waals surface area contributed by atoms with Crippen molar-refractivity contribution in [3.05, 3.63) is 30.0 Å². The van der Waals surface area contributed by atoms with Crippen LogP contribution in [0.25, 0.3) is 0 Å². The number of allylic oxidation sites excluding steroid dienone is 3. The quantitative estimate of drug-likeness (QED) is 0.428. The van der Waals surface area contributed by atoms with Gasteiger partial charge in [-0.15, -0.1) is 5.73 Å². The third kappa shape index (κ3) is 6.75. The predicted octanol–water partition coefficient (Wildman–Crippen LogP) is 2.58. The van der Waals surface area contributed by atoms with Gasteiger partial charge < -0.3 is 0 Å². The molecule has 0 bridgehead atoms. The van der Waals surface area contributed by atoms with Crippen LogP contribution in [0.4, 0.5) is 0 Å². The van der Waals surface area contributed by atoms with Crippen molar-refractivity contribution in [2.75, 3.05) is 0 Å². The lowest BCUT2D eigenvalue weighted by Gasteiger charge is -1.74. The second-order valence-electron chi connectivity index (χ2n) is 1.73. The first kappa shape index (κ1) is 8.75. The predicted molar refractivity (Wildman–Crippen MR) is 42.3 cm³/mol. The van der Waals surface area contributed by atoms with Crippen LogP contribution >= 0.6 is 0 Å². The molecule has 0 aromatic heterocycles. The first-order valence-electron chi connectivity index (χ1n) is 3.29. The summed E-state index contributed by atoms with van der Waals surface area (Å²) in [7, 11) is 0. The first-order chi connectivity index (χ1) is 4.91. The minimum atomic E-state index is 0.504. The molecule has 0 aliphatic heterocycles. The standard InChI is InChI=1S/C9H11N/c1-2-3-4-5-6-7-8-9-10/h2,4,6-7H,5,8H2,1H3/b7-6+. The maximum absolute atomic E-state index is 8.14. The summed E-state index contributed by atoms with van der Waals surface area (Å²) in [6.45, 7) is 1.93. The van der Waals surface area contributed by atoms with Crippen LogP contribution in [0.1, 0.15) is 19.8 Å². The van der Waals surface area contributed by atoms with Crippen molar-refractivity contribution in [1.29, 1.82) is 5.26 Å². The highest BCUT2D eigenvalue weighted by Crippen LogP contribution is 1.86. The molecule has 0 aromatic rings. The second-order valence-corrected chi connectivity index (χ2v) is 1.73. The summed E-state index contributed by atoms with van der Waals surface area (Å²) in [5.74, 6) is 0. The minimum Gasteiger partial charge on any atom is -0.198 e. The van der Waals surface area contributed by atoms with Gasteiger partial charge in [-0.25, -0.2) is 0 Å². The Morgan fingerprint density at radius 3 is 2.80 bits per heavy atom. The van der Waals surface area contributed by atoms with Gasteiger partial charge in [0, 0.05) is 0 Å². The van der Waals surface area contributed by atoms with Crippen LogP contribution < -0.4 is 0 Å². The molecule has 1 nitrogen and oxygen atoms in total. The SMILES string of the molecule is CC=C=CC/C=C/CC#N. The van der Waals surface area contributed by atoms with Crippen LogP contribution in [0.3, 0.4) is 0 Å². The van der Waals surface area contributed by atoms with Crippen molar-refractivity contribution in [2.45, 2.75) is 19.8 Å². The minimum absolute atomic E-state index is 0.504. The van der Waals surface area contributed by atoms with E-state index in [0.29, 0.717) is 6.42 Å². The Kier molecular flexibility index (Phi) is 6.78. The lowest BCUT2D eigenvalue weighted by Crippen LogP contribution is -1.57. The van der Waals surface area contributed by atoms with Gasteiger partial charge in [-0.2, -0.15) is 5.26 Å². The van der Waals surface area contributed by atoms with Gasteiger partial charge in [-0.1, -0.05) is 12.2 Å². The maximum atomic E-state index is 8.14. The Bertz CT molecular complexity index is 187. The summed E-state index contributed by atoms with van der Waals surface area (Å²) in [5, 5.41) is 8.14. The molecule has 10 heavy (non-hydrogen) atoms. The van der Waals surface area contributed by atoms with E-state index in [0.717, 1.165) is 6.42 Å². The molecule has 52 valence electrons. The average Bonchev–Trinajstić information content (AvgIpc) is 1.97. The fourth-order valence-electron chi connectivity index (χ4n) is 0.486. The van der Waals surface area contributed by atoms with Crippen LogP contribution in [0.2, 0.25) is 0 Å². The van der Waals surface area contributed by atoms with Gasteiger partial charge in [0.2, 0.25) is 0 Å². The number of nitriles is 1. The summed E-state index contributed by atoms with van der Waals surface area (Å²) < 4.78 is 0. The highest BCUT2D eigenvalue weighted by Gasteiger charge is 1.69. The van der Waals surface area contributed by atoms with E-state index in [9.17, 15) is 0 Å². The highest BCUT2D eigenvalue weighted by atomic mass is 14.2. The fraction of sp³-hybridized carbons (Fsp3) is 0.333. The molecular formula is C9H11N. The summed E-state index contributed by atoms with van der Waals surface area (Å²) in [5.41, 5.74) is 2.94. The number of hydrogen-bond acceptors (Lipinski definition) is 1. The van der Waals surface area contributed by atoms with Crippen LogP contribution in [-0.2, 0) is 0 Å². The van der Waals surface area contributed by atoms with Crippen LogP contribution in [0, 0.1) is 11.3 Å². The molecular weight excluding hydrogens is 122 g/mol. The molecule has 0 aromatic carbocycles. The summed E-state index contributed by atoms with van der Waals surface area (Å²) in [4.78, 5) is 0. The molecule has 0 rings (SSSR count). The van der Waals surface area contributed by atoms with Crippen molar-refractivity contribution in [3.63, 3.8) is 0 Å². The van der Waals surface area contributed by atoms with Crippen LogP contribution in [0.5, 0.6) is 0 Å². The Morgan fingerprint density at radius 2 is 2.20 bits per heavy atom. The fourth-order valence-corrected chi connectivity index (χ4v) is 0.486. The van der Waals surface area contributed by atoms with Crippen molar-refractivity contribution in [2.24, 2.45) is 0 Å². The molecule has 0 saturated heterocycles. The van der Waals surface area contributed by atoms with Gasteiger partial charge in [0.05, 0.1) is 12.5 Å². The Balaban J connectivity index is 3.37. The van der Waals surface area contributed by atoms with E-state index >= 15 is 0 Å². The van der Waals surface area contributed by atoms with E-state index < -0.39 is 0 Å². The molecule has 0 unspecified atom stereocenters. The molecule has 0 heterocycles. The van der Waals surface area contributed by atoms with Gasteiger partial charge in [-0.3, -0.25) is 0 Å². The molecule has 0 N–H and O–H groups in total. The first-order valence-corrected chi connectivity index (χ1v) is 3.29. The summed E-state index contributed by atoms with van der Waals surface area (Å²) in [6.07, 6.45) is 8.97. The van der Waals surface area contributed by atoms with Gasteiger partial charge in [0.25, 0.3) is 0 Å². The van der Waals surface area contributed by atoms with Gasteiger partial charge in [0.15, 0.2) is 0 Å². The smallest absolute Gasteiger partial charge is 0.0663 e. The van der Waals surface area contributed by atoms with E-state index in [4.69, 9.17) is 5.26 Å². The Hall–Kier alpha value is -1.25. The monoisotopic (exact) mass is 133 g/mol. The summed E-state index contributed by atoms with van der Waals surface area (Å²) >= 11 is 0. The molecule has 0 fully saturated rings. The zero-order valence-electron chi connectivity index (χ0n) is 6.17. The molecule has 0 radical (unpaired) electrons. The molecule has 0 aliphatic carbocycles. The largest absolute Gasteiger partial charge is 0.198 e.